The number of aromatic nitrogens is 2. The van der Waals surface area contributed by atoms with Gasteiger partial charge in [0.1, 0.15) is 5.82 Å². The van der Waals surface area contributed by atoms with Crippen molar-refractivity contribution in [2.45, 2.75) is 46.2 Å². The van der Waals surface area contributed by atoms with Crippen molar-refractivity contribution in [2.75, 3.05) is 4.90 Å². The molecule has 4 heteroatoms. The summed E-state index contributed by atoms with van der Waals surface area (Å²) < 4.78 is 0. The third-order valence-corrected chi connectivity index (χ3v) is 3.09. The zero-order valence-corrected chi connectivity index (χ0v) is 11.0. The maximum absolute atomic E-state index is 4.29. The summed E-state index contributed by atoms with van der Waals surface area (Å²) in [5, 5.41) is 11.7. The fourth-order valence-electron chi connectivity index (χ4n) is 2.25. The first kappa shape index (κ1) is 11.9. The summed E-state index contributed by atoms with van der Waals surface area (Å²) >= 11 is 0. The molecule has 1 aliphatic heterocycles. The highest BCUT2D eigenvalue weighted by Gasteiger charge is 2.26. The number of hydrogen-bond donors (Lipinski definition) is 1. The van der Waals surface area contributed by atoms with E-state index in [4.69, 9.17) is 0 Å². The second kappa shape index (κ2) is 4.35. The summed E-state index contributed by atoms with van der Waals surface area (Å²) in [6, 6.07) is 0.325. The third-order valence-electron chi connectivity index (χ3n) is 3.09. The molecule has 0 saturated carbocycles. The van der Waals surface area contributed by atoms with Gasteiger partial charge >= 0.3 is 0 Å². The van der Waals surface area contributed by atoms with Crippen LogP contribution in [0.2, 0.25) is 0 Å². The van der Waals surface area contributed by atoms with E-state index < -0.39 is 0 Å². The van der Waals surface area contributed by atoms with Gasteiger partial charge in [0.25, 0.3) is 0 Å². The van der Waals surface area contributed by atoms with Crippen molar-refractivity contribution in [3.05, 3.63) is 29.7 Å². The standard InChI is InChI=1S/C13H20N4/c1-8(2)11-7-15-16-13-12(11)6-14-10(5)17(13)9(3)4/h7-9,14H,5-6H2,1-4H3. The molecule has 17 heavy (non-hydrogen) atoms. The van der Waals surface area contributed by atoms with Crippen molar-refractivity contribution in [1.29, 1.82) is 0 Å². The zero-order valence-electron chi connectivity index (χ0n) is 11.0. The van der Waals surface area contributed by atoms with Crippen molar-refractivity contribution in [2.24, 2.45) is 0 Å². The highest BCUT2D eigenvalue weighted by Crippen LogP contribution is 2.31. The molecule has 0 unspecified atom stereocenters. The summed E-state index contributed by atoms with van der Waals surface area (Å²) in [5.74, 6) is 2.32. The predicted molar refractivity (Wildman–Crippen MR) is 69.7 cm³/mol. The van der Waals surface area contributed by atoms with E-state index in [1.807, 2.05) is 6.20 Å². The maximum Gasteiger partial charge on any atom is 0.162 e. The largest absolute Gasteiger partial charge is 0.368 e. The number of anilines is 1. The van der Waals surface area contributed by atoms with Crippen molar-refractivity contribution in [1.82, 2.24) is 15.5 Å². The molecule has 0 saturated heterocycles. The maximum atomic E-state index is 4.29. The molecule has 1 N–H and O–H groups in total. The number of nitrogens with zero attached hydrogens (tertiary/aromatic N) is 3. The van der Waals surface area contributed by atoms with Crippen LogP contribution in [0.5, 0.6) is 0 Å². The molecule has 1 aromatic heterocycles. The van der Waals surface area contributed by atoms with Gasteiger partial charge in [-0.1, -0.05) is 20.4 Å². The molecular weight excluding hydrogens is 212 g/mol. The Bertz CT molecular complexity index is 437. The Hall–Kier alpha value is -1.58. The molecule has 0 aliphatic carbocycles. The van der Waals surface area contributed by atoms with Gasteiger partial charge in [-0.2, -0.15) is 5.10 Å². The molecular formula is C13H20N4. The summed E-state index contributed by atoms with van der Waals surface area (Å²) in [6.07, 6.45) is 1.87. The lowest BCUT2D eigenvalue weighted by atomic mass is 9.98. The summed E-state index contributed by atoms with van der Waals surface area (Å²) in [6.45, 7) is 13.5. The molecule has 4 nitrogen and oxygen atoms in total. The minimum absolute atomic E-state index is 0.325. The quantitative estimate of drug-likeness (QED) is 0.850. The first-order valence-corrected chi connectivity index (χ1v) is 6.08. The van der Waals surface area contributed by atoms with Gasteiger partial charge in [0.15, 0.2) is 5.82 Å². The zero-order chi connectivity index (χ0) is 12.6. The Balaban J connectivity index is 2.54. The summed E-state index contributed by atoms with van der Waals surface area (Å²) in [5.41, 5.74) is 2.51. The van der Waals surface area contributed by atoms with Crippen LogP contribution in [0, 0.1) is 0 Å². The van der Waals surface area contributed by atoms with Gasteiger partial charge < -0.3 is 10.2 Å². The SMILES string of the molecule is C=C1NCc2c(C(C)C)cnnc2N1C(C)C. The van der Waals surface area contributed by atoms with Crippen LogP contribution in [-0.4, -0.2) is 16.2 Å². The van der Waals surface area contributed by atoms with Gasteiger partial charge in [0, 0.05) is 18.2 Å². The molecule has 2 heterocycles. The van der Waals surface area contributed by atoms with E-state index in [2.05, 4.69) is 54.7 Å². The van der Waals surface area contributed by atoms with Crippen LogP contribution in [0.15, 0.2) is 18.6 Å². The molecule has 0 amide bonds. The van der Waals surface area contributed by atoms with E-state index in [1.54, 1.807) is 0 Å². The first-order chi connectivity index (χ1) is 8.02. The van der Waals surface area contributed by atoms with Crippen LogP contribution >= 0.6 is 0 Å². The van der Waals surface area contributed by atoms with Crippen LogP contribution in [-0.2, 0) is 6.54 Å². The van der Waals surface area contributed by atoms with E-state index in [9.17, 15) is 0 Å². The smallest absolute Gasteiger partial charge is 0.162 e. The molecule has 0 aromatic carbocycles. The topological polar surface area (TPSA) is 41.1 Å². The van der Waals surface area contributed by atoms with E-state index in [0.29, 0.717) is 12.0 Å². The Labute approximate surface area is 103 Å². The molecule has 0 atom stereocenters. The van der Waals surface area contributed by atoms with Crippen molar-refractivity contribution in [3.63, 3.8) is 0 Å². The highest BCUT2D eigenvalue weighted by molar-refractivity contribution is 5.57. The predicted octanol–water partition coefficient (Wildman–Crippen LogP) is 2.39. The minimum Gasteiger partial charge on any atom is -0.368 e. The van der Waals surface area contributed by atoms with Gasteiger partial charge in [0.05, 0.1) is 6.20 Å². The molecule has 1 aromatic rings. The monoisotopic (exact) mass is 232 g/mol. The molecule has 0 bridgehead atoms. The minimum atomic E-state index is 0.325. The van der Waals surface area contributed by atoms with Gasteiger partial charge in [0.2, 0.25) is 0 Å². The van der Waals surface area contributed by atoms with E-state index in [0.717, 1.165) is 18.2 Å². The highest BCUT2D eigenvalue weighted by atomic mass is 15.3. The Morgan fingerprint density at radius 3 is 2.65 bits per heavy atom. The number of hydrogen-bond acceptors (Lipinski definition) is 4. The Morgan fingerprint density at radius 1 is 1.35 bits per heavy atom. The molecule has 1 aliphatic rings. The van der Waals surface area contributed by atoms with E-state index in [-0.39, 0.29) is 0 Å². The van der Waals surface area contributed by atoms with Gasteiger partial charge in [-0.05, 0) is 25.3 Å². The van der Waals surface area contributed by atoms with Gasteiger partial charge in [-0.15, -0.1) is 5.10 Å². The molecule has 0 fully saturated rings. The van der Waals surface area contributed by atoms with Crippen molar-refractivity contribution >= 4 is 5.82 Å². The summed E-state index contributed by atoms with van der Waals surface area (Å²) in [4.78, 5) is 2.11. The van der Waals surface area contributed by atoms with Gasteiger partial charge in [-0.25, -0.2) is 0 Å². The molecule has 92 valence electrons. The molecule has 0 radical (unpaired) electrons. The van der Waals surface area contributed by atoms with Crippen LogP contribution in [0.3, 0.4) is 0 Å². The number of nitrogens with one attached hydrogen (secondary N) is 1. The molecule has 0 spiro atoms. The van der Waals surface area contributed by atoms with Crippen LogP contribution in [0.25, 0.3) is 0 Å². The fraction of sp³-hybridized carbons (Fsp3) is 0.538. The van der Waals surface area contributed by atoms with Crippen LogP contribution < -0.4 is 10.2 Å². The number of fused-ring (bicyclic) bond motifs is 1. The average Bonchev–Trinajstić information content (AvgIpc) is 2.26. The Morgan fingerprint density at radius 2 is 2.06 bits per heavy atom. The van der Waals surface area contributed by atoms with E-state index in [1.165, 1.54) is 11.1 Å². The summed E-state index contributed by atoms with van der Waals surface area (Å²) in [7, 11) is 0. The lowest BCUT2D eigenvalue weighted by molar-refractivity contribution is 0.621. The fourth-order valence-corrected chi connectivity index (χ4v) is 2.25. The van der Waals surface area contributed by atoms with Gasteiger partial charge in [-0.3, -0.25) is 0 Å². The second-order valence-electron chi connectivity index (χ2n) is 5.02. The lowest BCUT2D eigenvalue weighted by Crippen LogP contribution is -2.41. The average molecular weight is 232 g/mol. The normalized spacial score (nSPS) is 15.2. The second-order valence-corrected chi connectivity index (χ2v) is 5.02. The molecule has 2 rings (SSSR count). The van der Waals surface area contributed by atoms with E-state index >= 15 is 0 Å². The lowest BCUT2D eigenvalue weighted by Gasteiger charge is -2.36. The van der Waals surface area contributed by atoms with Crippen LogP contribution in [0.1, 0.15) is 44.7 Å². The van der Waals surface area contributed by atoms with Crippen LogP contribution in [0.4, 0.5) is 5.82 Å². The van der Waals surface area contributed by atoms with Crippen molar-refractivity contribution < 1.29 is 0 Å². The third kappa shape index (κ3) is 1.99. The Kier molecular flexibility index (Phi) is 3.05. The number of rotatable bonds is 2. The van der Waals surface area contributed by atoms with Crippen molar-refractivity contribution in [3.8, 4) is 0 Å². The first-order valence-electron chi connectivity index (χ1n) is 6.08.